The van der Waals surface area contributed by atoms with Crippen LogP contribution < -0.4 is 0 Å². The summed E-state index contributed by atoms with van der Waals surface area (Å²) in [6.45, 7) is 4.62. The van der Waals surface area contributed by atoms with Crippen molar-refractivity contribution in [2.75, 3.05) is 12.8 Å². The molecule has 0 saturated heterocycles. The fourth-order valence-corrected chi connectivity index (χ4v) is 3.62. The molecule has 142 valence electrons. The van der Waals surface area contributed by atoms with Crippen LogP contribution in [0.5, 0.6) is 0 Å². The molecule has 7 heteroatoms. The van der Waals surface area contributed by atoms with Crippen molar-refractivity contribution in [2.24, 2.45) is 7.05 Å². The Kier molecular flexibility index (Phi) is 6.01. The molecule has 0 atom stereocenters. The lowest BCUT2D eigenvalue weighted by Crippen LogP contribution is -2.27. The second-order valence-corrected chi connectivity index (χ2v) is 7.41. The summed E-state index contributed by atoms with van der Waals surface area (Å²) in [7, 11) is 3.72. The predicted molar refractivity (Wildman–Crippen MR) is 106 cm³/mol. The molecule has 3 rings (SSSR count). The van der Waals surface area contributed by atoms with Gasteiger partial charge in [0.2, 0.25) is 5.91 Å². The molecule has 2 aromatic heterocycles. The minimum absolute atomic E-state index is 0.0589. The van der Waals surface area contributed by atoms with Gasteiger partial charge in [0, 0.05) is 20.6 Å². The van der Waals surface area contributed by atoms with Gasteiger partial charge in [-0.2, -0.15) is 0 Å². The number of hydrogen-bond donors (Lipinski definition) is 0. The summed E-state index contributed by atoms with van der Waals surface area (Å²) < 4.78 is 7.22. The van der Waals surface area contributed by atoms with E-state index in [0.717, 1.165) is 29.1 Å². The van der Waals surface area contributed by atoms with Gasteiger partial charge in [-0.1, -0.05) is 43.0 Å². The van der Waals surface area contributed by atoms with Crippen LogP contribution in [0.4, 0.5) is 0 Å². The summed E-state index contributed by atoms with van der Waals surface area (Å²) in [4.78, 5) is 14.2. The number of thioether (sulfide) groups is 1. The van der Waals surface area contributed by atoms with E-state index in [1.165, 1.54) is 17.3 Å². The SMILES string of the molecule is CCc1ccc(CN(C)C(=O)CSc2nnc(-c3ccoc3C)n2C)cc1. The Labute approximate surface area is 163 Å². The molecule has 0 aliphatic carbocycles. The van der Waals surface area contributed by atoms with Gasteiger partial charge in [-0.3, -0.25) is 4.79 Å². The quantitative estimate of drug-likeness (QED) is 0.581. The van der Waals surface area contributed by atoms with Crippen LogP contribution in [-0.2, 0) is 24.8 Å². The lowest BCUT2D eigenvalue weighted by molar-refractivity contribution is -0.127. The normalized spacial score (nSPS) is 11.0. The lowest BCUT2D eigenvalue weighted by Gasteiger charge is -2.17. The summed E-state index contributed by atoms with van der Waals surface area (Å²) in [6.07, 6.45) is 2.65. The van der Waals surface area contributed by atoms with E-state index in [1.807, 2.05) is 31.7 Å². The van der Waals surface area contributed by atoms with Gasteiger partial charge in [-0.05, 0) is 30.5 Å². The molecule has 0 aliphatic rings. The van der Waals surface area contributed by atoms with Crippen LogP contribution in [0.3, 0.4) is 0 Å². The monoisotopic (exact) mass is 384 g/mol. The van der Waals surface area contributed by atoms with Gasteiger partial charge in [-0.25, -0.2) is 0 Å². The van der Waals surface area contributed by atoms with Gasteiger partial charge in [0.15, 0.2) is 11.0 Å². The number of benzene rings is 1. The summed E-state index contributed by atoms with van der Waals surface area (Å²) in [6, 6.07) is 10.3. The Morgan fingerprint density at radius 3 is 2.52 bits per heavy atom. The minimum Gasteiger partial charge on any atom is -0.469 e. The summed E-state index contributed by atoms with van der Waals surface area (Å²) >= 11 is 1.39. The minimum atomic E-state index is 0.0589. The highest BCUT2D eigenvalue weighted by Crippen LogP contribution is 2.25. The first-order valence-electron chi connectivity index (χ1n) is 8.88. The maximum Gasteiger partial charge on any atom is 0.233 e. The average molecular weight is 385 g/mol. The molecule has 6 nitrogen and oxygen atoms in total. The Hall–Kier alpha value is -2.54. The van der Waals surface area contributed by atoms with E-state index in [1.54, 1.807) is 11.2 Å². The fourth-order valence-electron chi connectivity index (χ4n) is 2.77. The molecule has 0 fully saturated rings. The summed E-state index contributed by atoms with van der Waals surface area (Å²) in [5.41, 5.74) is 3.34. The summed E-state index contributed by atoms with van der Waals surface area (Å²) in [5.74, 6) is 1.91. The number of amides is 1. The predicted octanol–water partition coefficient (Wildman–Crippen LogP) is 3.70. The van der Waals surface area contributed by atoms with Gasteiger partial charge in [0.1, 0.15) is 5.76 Å². The zero-order valence-electron chi connectivity index (χ0n) is 16.1. The van der Waals surface area contributed by atoms with Gasteiger partial charge in [0.25, 0.3) is 0 Å². The summed E-state index contributed by atoms with van der Waals surface area (Å²) in [5, 5.41) is 9.15. The molecule has 0 N–H and O–H groups in total. The van der Waals surface area contributed by atoms with E-state index in [-0.39, 0.29) is 5.91 Å². The number of rotatable bonds is 7. The van der Waals surface area contributed by atoms with E-state index >= 15 is 0 Å². The van der Waals surface area contributed by atoms with E-state index in [9.17, 15) is 4.79 Å². The number of aromatic nitrogens is 3. The molecular weight excluding hydrogens is 360 g/mol. The van der Waals surface area contributed by atoms with Crippen LogP contribution in [0.2, 0.25) is 0 Å². The van der Waals surface area contributed by atoms with Crippen molar-refractivity contribution in [1.82, 2.24) is 19.7 Å². The zero-order valence-corrected chi connectivity index (χ0v) is 16.9. The third-order valence-electron chi connectivity index (χ3n) is 4.54. The van der Waals surface area contributed by atoms with E-state index in [2.05, 4.69) is 41.4 Å². The second kappa shape index (κ2) is 8.43. The van der Waals surface area contributed by atoms with Crippen molar-refractivity contribution in [1.29, 1.82) is 0 Å². The van der Waals surface area contributed by atoms with Crippen molar-refractivity contribution in [3.05, 3.63) is 53.5 Å². The molecule has 0 radical (unpaired) electrons. The first kappa shape index (κ1) is 19.2. The first-order chi connectivity index (χ1) is 13.0. The smallest absolute Gasteiger partial charge is 0.233 e. The number of furan rings is 1. The van der Waals surface area contributed by atoms with E-state index < -0.39 is 0 Å². The molecule has 0 saturated carbocycles. The molecule has 27 heavy (non-hydrogen) atoms. The van der Waals surface area contributed by atoms with Crippen LogP contribution in [0.15, 0.2) is 46.2 Å². The van der Waals surface area contributed by atoms with Crippen molar-refractivity contribution >= 4 is 17.7 Å². The maximum atomic E-state index is 12.5. The van der Waals surface area contributed by atoms with Crippen molar-refractivity contribution in [2.45, 2.75) is 32.0 Å². The molecule has 3 aromatic rings. The molecule has 2 heterocycles. The Balaban J connectivity index is 1.58. The van der Waals surface area contributed by atoms with Gasteiger partial charge >= 0.3 is 0 Å². The Morgan fingerprint density at radius 2 is 1.89 bits per heavy atom. The molecule has 0 unspecified atom stereocenters. The van der Waals surface area contributed by atoms with E-state index in [4.69, 9.17) is 4.42 Å². The number of carbonyl (C=O) groups is 1. The number of carbonyl (C=O) groups excluding carboxylic acids is 1. The van der Waals surface area contributed by atoms with Crippen molar-refractivity contribution in [3.63, 3.8) is 0 Å². The maximum absolute atomic E-state index is 12.5. The Morgan fingerprint density at radius 1 is 1.19 bits per heavy atom. The second-order valence-electron chi connectivity index (χ2n) is 6.46. The van der Waals surface area contributed by atoms with Crippen LogP contribution in [0, 0.1) is 6.92 Å². The third-order valence-corrected chi connectivity index (χ3v) is 5.54. The van der Waals surface area contributed by atoms with Crippen LogP contribution in [0.25, 0.3) is 11.4 Å². The highest BCUT2D eigenvalue weighted by Gasteiger charge is 2.17. The first-order valence-corrected chi connectivity index (χ1v) is 9.86. The van der Waals surface area contributed by atoms with Crippen LogP contribution >= 0.6 is 11.8 Å². The van der Waals surface area contributed by atoms with Crippen LogP contribution in [0.1, 0.15) is 23.8 Å². The average Bonchev–Trinajstić information content (AvgIpc) is 3.25. The molecular formula is C20H24N4O2S. The van der Waals surface area contributed by atoms with Crippen molar-refractivity contribution < 1.29 is 9.21 Å². The largest absolute Gasteiger partial charge is 0.469 e. The number of nitrogens with zero attached hydrogens (tertiary/aromatic N) is 4. The zero-order chi connectivity index (χ0) is 19.4. The van der Waals surface area contributed by atoms with Crippen LogP contribution in [-0.4, -0.2) is 38.4 Å². The van der Waals surface area contributed by atoms with Crippen molar-refractivity contribution in [3.8, 4) is 11.4 Å². The van der Waals surface area contributed by atoms with Gasteiger partial charge < -0.3 is 13.9 Å². The number of hydrogen-bond acceptors (Lipinski definition) is 5. The molecule has 0 aliphatic heterocycles. The Bertz CT molecular complexity index is 914. The highest BCUT2D eigenvalue weighted by atomic mass is 32.2. The highest BCUT2D eigenvalue weighted by molar-refractivity contribution is 7.99. The molecule has 1 amide bonds. The lowest BCUT2D eigenvalue weighted by atomic mass is 10.1. The molecule has 0 spiro atoms. The molecule has 1 aromatic carbocycles. The van der Waals surface area contributed by atoms with Gasteiger partial charge in [-0.15, -0.1) is 10.2 Å². The topological polar surface area (TPSA) is 64.2 Å². The third kappa shape index (κ3) is 4.42. The van der Waals surface area contributed by atoms with Gasteiger partial charge in [0.05, 0.1) is 17.6 Å². The number of aryl methyl sites for hydroxylation is 2. The van der Waals surface area contributed by atoms with E-state index in [0.29, 0.717) is 17.5 Å². The standard InChI is InChI=1S/C20H24N4O2S/c1-5-15-6-8-16(9-7-15)12-23(3)18(25)13-27-20-22-21-19(24(20)4)17-10-11-26-14(17)2/h6-11H,5,12-13H2,1-4H3. The molecule has 0 bridgehead atoms. The fraction of sp³-hybridized carbons (Fsp3) is 0.350.